The summed E-state index contributed by atoms with van der Waals surface area (Å²) in [5, 5.41) is 3.53. The van der Waals surface area contributed by atoms with Gasteiger partial charge in [-0.1, -0.05) is 72.3 Å². The number of nitrogens with one attached hydrogen (secondary N) is 1. The lowest BCUT2D eigenvalue weighted by atomic mass is 10.0. The molecule has 27 heavy (non-hydrogen) atoms. The number of rotatable bonds is 6. The third-order valence-electron chi connectivity index (χ3n) is 4.15. The zero-order valence-electron chi connectivity index (χ0n) is 14.7. The second kappa shape index (κ2) is 9.15. The smallest absolute Gasteiger partial charge is 0.251 e. The van der Waals surface area contributed by atoms with E-state index in [1.165, 1.54) is 12.1 Å². The number of benzene rings is 3. The van der Waals surface area contributed by atoms with Gasteiger partial charge in [-0.3, -0.25) is 4.79 Å². The Bertz CT molecular complexity index is 936. The molecule has 0 saturated heterocycles. The summed E-state index contributed by atoms with van der Waals surface area (Å²) in [5.74, 6) is -0.444. The fourth-order valence-electron chi connectivity index (χ4n) is 2.71. The summed E-state index contributed by atoms with van der Waals surface area (Å²) in [7, 11) is 0. The summed E-state index contributed by atoms with van der Waals surface area (Å²) in [6.45, 7) is 0.456. The van der Waals surface area contributed by atoms with E-state index in [1.807, 2.05) is 48.5 Å². The van der Waals surface area contributed by atoms with Gasteiger partial charge in [0.2, 0.25) is 0 Å². The maximum atomic E-state index is 13.0. The van der Waals surface area contributed by atoms with Crippen LogP contribution in [0.3, 0.4) is 0 Å². The summed E-state index contributed by atoms with van der Waals surface area (Å²) in [4.78, 5) is 12.8. The Labute approximate surface area is 163 Å². The van der Waals surface area contributed by atoms with Gasteiger partial charge in [0.1, 0.15) is 5.82 Å². The fraction of sp³-hybridized carbons (Fsp3) is 0.0870. The van der Waals surface area contributed by atoms with Gasteiger partial charge in [-0.2, -0.15) is 0 Å². The van der Waals surface area contributed by atoms with Crippen molar-refractivity contribution in [2.24, 2.45) is 0 Å². The van der Waals surface area contributed by atoms with Crippen molar-refractivity contribution in [2.45, 2.75) is 6.42 Å². The molecule has 0 radical (unpaired) electrons. The molecular formula is C23H19ClFNO. The van der Waals surface area contributed by atoms with Crippen LogP contribution in [0.15, 0.2) is 78.9 Å². The minimum Gasteiger partial charge on any atom is -0.352 e. The Morgan fingerprint density at radius 2 is 1.59 bits per heavy atom. The molecule has 0 fully saturated rings. The van der Waals surface area contributed by atoms with E-state index < -0.39 is 0 Å². The van der Waals surface area contributed by atoms with Crippen molar-refractivity contribution in [1.29, 1.82) is 0 Å². The van der Waals surface area contributed by atoms with Crippen molar-refractivity contribution in [1.82, 2.24) is 5.32 Å². The Hall–Kier alpha value is -2.91. The average Bonchev–Trinajstić information content (AvgIpc) is 2.69. The van der Waals surface area contributed by atoms with E-state index in [2.05, 4.69) is 5.32 Å². The molecule has 1 amide bonds. The van der Waals surface area contributed by atoms with Crippen LogP contribution in [0.25, 0.3) is 11.6 Å². The molecule has 3 aromatic carbocycles. The van der Waals surface area contributed by atoms with E-state index in [9.17, 15) is 9.18 Å². The summed E-state index contributed by atoms with van der Waals surface area (Å²) in [5.41, 5.74) is 3.11. The highest BCUT2D eigenvalue weighted by molar-refractivity contribution is 6.33. The zero-order valence-corrected chi connectivity index (χ0v) is 15.4. The summed E-state index contributed by atoms with van der Waals surface area (Å²) in [6.07, 6.45) is 2.42. The van der Waals surface area contributed by atoms with Crippen LogP contribution >= 0.6 is 11.6 Å². The molecule has 3 rings (SSSR count). The lowest BCUT2D eigenvalue weighted by Crippen LogP contribution is -2.26. The Morgan fingerprint density at radius 1 is 0.926 bits per heavy atom. The van der Waals surface area contributed by atoms with E-state index in [0.717, 1.165) is 16.7 Å². The first-order valence-electron chi connectivity index (χ1n) is 8.68. The Kier molecular flexibility index (Phi) is 6.39. The zero-order chi connectivity index (χ0) is 19.1. The van der Waals surface area contributed by atoms with Crippen molar-refractivity contribution >= 4 is 29.2 Å². The van der Waals surface area contributed by atoms with Gasteiger partial charge in [-0.25, -0.2) is 4.39 Å². The normalized spacial score (nSPS) is 11.3. The SMILES string of the molecule is O=C(NCCc1ccc(F)cc1)/C(=C/c1ccccc1Cl)c1ccccc1. The molecule has 0 aromatic heterocycles. The van der Waals surface area contributed by atoms with Gasteiger partial charge in [-0.15, -0.1) is 0 Å². The minimum atomic E-state index is -0.267. The maximum absolute atomic E-state index is 13.0. The molecule has 0 bridgehead atoms. The molecule has 0 spiro atoms. The average molecular weight is 380 g/mol. The van der Waals surface area contributed by atoms with E-state index >= 15 is 0 Å². The first kappa shape index (κ1) is 18.9. The first-order valence-corrected chi connectivity index (χ1v) is 9.05. The molecule has 0 atom stereocenters. The first-order chi connectivity index (χ1) is 13.1. The number of amides is 1. The van der Waals surface area contributed by atoms with Crippen molar-refractivity contribution < 1.29 is 9.18 Å². The van der Waals surface area contributed by atoms with Crippen molar-refractivity contribution in [3.05, 3.63) is 106 Å². The molecule has 0 aliphatic rings. The molecule has 2 nitrogen and oxygen atoms in total. The molecule has 4 heteroatoms. The van der Waals surface area contributed by atoms with Crippen molar-refractivity contribution in [3.63, 3.8) is 0 Å². The van der Waals surface area contributed by atoms with Gasteiger partial charge in [0.15, 0.2) is 0 Å². The van der Waals surface area contributed by atoms with Crippen LogP contribution in [-0.2, 0) is 11.2 Å². The number of carbonyl (C=O) groups excluding carboxylic acids is 1. The monoisotopic (exact) mass is 379 g/mol. The van der Waals surface area contributed by atoms with Crippen LogP contribution in [0.5, 0.6) is 0 Å². The molecule has 136 valence electrons. The van der Waals surface area contributed by atoms with Crippen LogP contribution in [0.1, 0.15) is 16.7 Å². The predicted molar refractivity (Wildman–Crippen MR) is 109 cm³/mol. The quantitative estimate of drug-likeness (QED) is 0.452. The number of hydrogen-bond acceptors (Lipinski definition) is 1. The van der Waals surface area contributed by atoms with Crippen LogP contribution < -0.4 is 5.32 Å². The van der Waals surface area contributed by atoms with Gasteiger partial charge in [0, 0.05) is 17.1 Å². The predicted octanol–water partition coefficient (Wildman–Crippen LogP) is 5.38. The second-order valence-electron chi connectivity index (χ2n) is 6.08. The summed E-state index contributed by atoms with van der Waals surface area (Å²) < 4.78 is 13.0. The van der Waals surface area contributed by atoms with E-state index in [1.54, 1.807) is 24.3 Å². The van der Waals surface area contributed by atoms with E-state index in [0.29, 0.717) is 23.6 Å². The van der Waals surface area contributed by atoms with Crippen molar-refractivity contribution in [2.75, 3.05) is 6.54 Å². The highest BCUT2D eigenvalue weighted by Gasteiger charge is 2.12. The van der Waals surface area contributed by atoms with E-state index in [4.69, 9.17) is 11.6 Å². The largest absolute Gasteiger partial charge is 0.352 e. The van der Waals surface area contributed by atoms with Gasteiger partial charge in [0.25, 0.3) is 5.91 Å². The lowest BCUT2D eigenvalue weighted by Gasteiger charge is -2.10. The lowest BCUT2D eigenvalue weighted by molar-refractivity contribution is -0.115. The molecule has 0 saturated carbocycles. The standard InChI is InChI=1S/C23H19ClFNO/c24-22-9-5-4-8-19(22)16-21(18-6-2-1-3-7-18)23(27)26-15-14-17-10-12-20(25)13-11-17/h1-13,16H,14-15H2,(H,26,27)/b21-16+. The summed E-state index contributed by atoms with van der Waals surface area (Å²) >= 11 is 6.25. The third-order valence-corrected chi connectivity index (χ3v) is 4.49. The molecule has 0 aliphatic carbocycles. The molecular weight excluding hydrogens is 361 g/mol. The van der Waals surface area contributed by atoms with Gasteiger partial charge >= 0.3 is 0 Å². The van der Waals surface area contributed by atoms with Crippen molar-refractivity contribution in [3.8, 4) is 0 Å². The molecule has 0 unspecified atom stereocenters. The minimum absolute atomic E-state index is 0.178. The van der Waals surface area contributed by atoms with Gasteiger partial charge in [-0.05, 0) is 47.4 Å². The highest BCUT2D eigenvalue weighted by atomic mass is 35.5. The topological polar surface area (TPSA) is 29.1 Å². The molecule has 0 aliphatic heterocycles. The second-order valence-corrected chi connectivity index (χ2v) is 6.49. The third kappa shape index (κ3) is 5.28. The fourth-order valence-corrected chi connectivity index (χ4v) is 2.90. The van der Waals surface area contributed by atoms with Gasteiger partial charge < -0.3 is 5.32 Å². The van der Waals surface area contributed by atoms with Crippen LogP contribution in [-0.4, -0.2) is 12.5 Å². The molecule has 3 aromatic rings. The number of hydrogen-bond donors (Lipinski definition) is 1. The molecule has 0 heterocycles. The number of carbonyl (C=O) groups is 1. The van der Waals surface area contributed by atoms with E-state index in [-0.39, 0.29) is 11.7 Å². The van der Waals surface area contributed by atoms with Gasteiger partial charge in [0.05, 0.1) is 0 Å². The number of halogens is 2. The Balaban J connectivity index is 1.77. The maximum Gasteiger partial charge on any atom is 0.251 e. The highest BCUT2D eigenvalue weighted by Crippen LogP contribution is 2.23. The van der Waals surface area contributed by atoms with Crippen LogP contribution in [0.4, 0.5) is 4.39 Å². The van der Waals surface area contributed by atoms with Crippen LogP contribution in [0, 0.1) is 5.82 Å². The summed E-state index contributed by atoms with van der Waals surface area (Å²) in [6, 6.07) is 23.2. The molecule has 1 N–H and O–H groups in total. The Morgan fingerprint density at radius 3 is 2.30 bits per heavy atom. The van der Waals surface area contributed by atoms with Crippen LogP contribution in [0.2, 0.25) is 5.02 Å².